The van der Waals surface area contributed by atoms with Crippen molar-refractivity contribution in [2.45, 2.75) is 25.4 Å². The fraction of sp³-hybridized carbons (Fsp3) is 0.286. The monoisotopic (exact) mass is 360 g/mol. The molecule has 1 N–H and O–H groups in total. The molecule has 2 amide bonds. The summed E-state index contributed by atoms with van der Waals surface area (Å²) in [5, 5.41) is 11.8. The maximum Gasteiger partial charge on any atom is 0.257 e. The summed E-state index contributed by atoms with van der Waals surface area (Å²) < 4.78 is 0. The molecule has 0 unspecified atom stereocenters. The highest BCUT2D eigenvalue weighted by Gasteiger charge is 2.37. The number of amides is 2. The maximum atomic E-state index is 12.8. The van der Waals surface area contributed by atoms with Crippen molar-refractivity contribution in [1.29, 1.82) is 5.26 Å². The summed E-state index contributed by atoms with van der Waals surface area (Å²) in [5.74, 6) is -0.221. The molecule has 2 heterocycles. The summed E-state index contributed by atoms with van der Waals surface area (Å²) in [5.41, 5.74) is 2.97. The lowest BCUT2D eigenvalue weighted by atomic mass is 9.97. The van der Waals surface area contributed by atoms with E-state index in [1.807, 2.05) is 11.9 Å². The summed E-state index contributed by atoms with van der Waals surface area (Å²) in [4.78, 5) is 29.5. The zero-order valence-electron chi connectivity index (χ0n) is 15.1. The number of carbonyl (C=O) groups is 2. The molecule has 0 bridgehead atoms. The van der Waals surface area contributed by atoms with Gasteiger partial charge in [-0.1, -0.05) is 6.07 Å². The Labute approximate surface area is 158 Å². The second kappa shape index (κ2) is 6.76. The van der Waals surface area contributed by atoms with E-state index >= 15 is 0 Å². The molecule has 1 saturated heterocycles. The van der Waals surface area contributed by atoms with Gasteiger partial charge in [0.05, 0.1) is 22.9 Å². The summed E-state index contributed by atoms with van der Waals surface area (Å²) in [6.45, 7) is 0.782. The number of piperidine rings is 1. The van der Waals surface area contributed by atoms with Crippen LogP contribution in [0.2, 0.25) is 0 Å². The molecule has 0 radical (unpaired) electrons. The van der Waals surface area contributed by atoms with Gasteiger partial charge in [0.2, 0.25) is 0 Å². The first kappa shape index (κ1) is 17.1. The van der Waals surface area contributed by atoms with Gasteiger partial charge in [-0.25, -0.2) is 0 Å². The molecule has 27 heavy (non-hydrogen) atoms. The lowest BCUT2D eigenvalue weighted by Crippen LogP contribution is -2.55. The van der Waals surface area contributed by atoms with Gasteiger partial charge in [0.25, 0.3) is 11.8 Å². The van der Waals surface area contributed by atoms with Gasteiger partial charge in [-0.2, -0.15) is 5.26 Å². The highest BCUT2D eigenvalue weighted by molar-refractivity contribution is 6.08. The highest BCUT2D eigenvalue weighted by Crippen LogP contribution is 2.34. The highest BCUT2D eigenvalue weighted by atomic mass is 16.2. The molecule has 1 atom stereocenters. The van der Waals surface area contributed by atoms with E-state index in [4.69, 9.17) is 5.26 Å². The van der Waals surface area contributed by atoms with Gasteiger partial charge < -0.3 is 15.1 Å². The lowest BCUT2D eigenvalue weighted by Gasteiger charge is -2.46. The number of hydrogen-bond acceptors (Lipinski definition) is 4. The average Bonchev–Trinajstić information content (AvgIpc) is 2.71. The first-order chi connectivity index (χ1) is 13.1. The van der Waals surface area contributed by atoms with Crippen molar-refractivity contribution in [2.24, 2.45) is 0 Å². The molecular formula is C21H20N4O2. The van der Waals surface area contributed by atoms with Gasteiger partial charge in [0.1, 0.15) is 6.17 Å². The Morgan fingerprint density at radius 3 is 2.89 bits per heavy atom. The molecule has 0 aromatic heterocycles. The molecule has 2 aliphatic heterocycles. The summed E-state index contributed by atoms with van der Waals surface area (Å²) >= 11 is 0. The molecule has 4 rings (SSSR count). The quantitative estimate of drug-likeness (QED) is 0.892. The third kappa shape index (κ3) is 3.02. The van der Waals surface area contributed by atoms with Crippen molar-refractivity contribution in [3.63, 3.8) is 0 Å². The van der Waals surface area contributed by atoms with Crippen LogP contribution in [0.1, 0.15) is 45.5 Å². The minimum Gasteiger partial charge on any atom is -0.354 e. The second-order valence-corrected chi connectivity index (χ2v) is 6.96. The van der Waals surface area contributed by atoms with E-state index in [1.165, 1.54) is 0 Å². The van der Waals surface area contributed by atoms with E-state index in [9.17, 15) is 9.59 Å². The SMILES string of the molecule is CN1c2cc(C(=O)Nc3cccc(C#N)c3)ccc2C(=O)N2CCCC[C@@H]21. The topological polar surface area (TPSA) is 76.4 Å². The third-order valence-corrected chi connectivity index (χ3v) is 5.30. The Hall–Kier alpha value is -3.33. The van der Waals surface area contributed by atoms with Gasteiger partial charge >= 0.3 is 0 Å². The number of hydrogen-bond donors (Lipinski definition) is 1. The summed E-state index contributed by atoms with van der Waals surface area (Å²) in [6, 6.07) is 14.0. The average molecular weight is 360 g/mol. The van der Waals surface area contributed by atoms with Gasteiger partial charge in [-0.3, -0.25) is 9.59 Å². The molecule has 2 aromatic carbocycles. The number of benzene rings is 2. The van der Waals surface area contributed by atoms with Crippen molar-refractivity contribution in [1.82, 2.24) is 4.90 Å². The van der Waals surface area contributed by atoms with E-state index in [1.54, 1.807) is 42.5 Å². The third-order valence-electron chi connectivity index (χ3n) is 5.30. The van der Waals surface area contributed by atoms with Crippen LogP contribution in [-0.2, 0) is 0 Å². The van der Waals surface area contributed by atoms with Crippen molar-refractivity contribution < 1.29 is 9.59 Å². The smallest absolute Gasteiger partial charge is 0.257 e. The Morgan fingerprint density at radius 1 is 1.22 bits per heavy atom. The van der Waals surface area contributed by atoms with Crippen LogP contribution in [0.3, 0.4) is 0 Å². The number of carbonyl (C=O) groups excluding carboxylic acids is 2. The first-order valence-corrected chi connectivity index (χ1v) is 9.08. The van der Waals surface area contributed by atoms with Crippen LogP contribution in [0.4, 0.5) is 11.4 Å². The van der Waals surface area contributed by atoms with Gasteiger partial charge in [0.15, 0.2) is 0 Å². The van der Waals surface area contributed by atoms with E-state index < -0.39 is 0 Å². The molecule has 0 aliphatic carbocycles. The van der Waals surface area contributed by atoms with Crippen LogP contribution >= 0.6 is 0 Å². The molecule has 0 spiro atoms. The number of nitrogens with one attached hydrogen (secondary N) is 1. The van der Waals surface area contributed by atoms with E-state index in [2.05, 4.69) is 16.3 Å². The normalized spacial score (nSPS) is 18.4. The van der Waals surface area contributed by atoms with Crippen LogP contribution in [0.25, 0.3) is 0 Å². The van der Waals surface area contributed by atoms with Crippen LogP contribution in [0, 0.1) is 11.3 Å². The summed E-state index contributed by atoms with van der Waals surface area (Å²) in [7, 11) is 1.98. The first-order valence-electron chi connectivity index (χ1n) is 9.08. The van der Waals surface area contributed by atoms with E-state index in [0.29, 0.717) is 22.4 Å². The van der Waals surface area contributed by atoms with Gasteiger partial charge in [0, 0.05) is 24.8 Å². The van der Waals surface area contributed by atoms with Crippen molar-refractivity contribution in [3.05, 3.63) is 59.2 Å². The molecule has 1 fully saturated rings. The number of anilines is 2. The molecule has 2 aliphatic rings. The molecular weight excluding hydrogens is 340 g/mol. The molecule has 6 heteroatoms. The maximum absolute atomic E-state index is 12.8. The molecule has 136 valence electrons. The lowest BCUT2D eigenvalue weighted by molar-refractivity contribution is 0.0589. The number of nitrogens with zero attached hydrogens (tertiary/aromatic N) is 3. The number of rotatable bonds is 2. The summed E-state index contributed by atoms with van der Waals surface area (Å²) in [6.07, 6.45) is 3.14. The predicted molar refractivity (Wildman–Crippen MR) is 103 cm³/mol. The standard InChI is InChI=1S/C21H20N4O2/c1-24-18-12-15(20(26)23-16-6-4-5-14(11-16)13-22)8-9-17(18)21(27)25-10-3-2-7-19(24)25/h4-6,8-9,11-12,19H,2-3,7,10H2,1H3,(H,23,26)/t19-/m1/s1. The molecule has 2 aromatic rings. The second-order valence-electron chi connectivity index (χ2n) is 6.96. The fourth-order valence-corrected chi connectivity index (χ4v) is 3.88. The van der Waals surface area contributed by atoms with Crippen molar-refractivity contribution in [3.8, 4) is 6.07 Å². The fourth-order valence-electron chi connectivity index (χ4n) is 3.88. The van der Waals surface area contributed by atoms with Crippen molar-refractivity contribution >= 4 is 23.2 Å². The number of nitriles is 1. The van der Waals surface area contributed by atoms with Gasteiger partial charge in [-0.05, 0) is 55.7 Å². The van der Waals surface area contributed by atoms with Crippen LogP contribution < -0.4 is 10.2 Å². The minimum absolute atomic E-state index is 0.0430. The zero-order chi connectivity index (χ0) is 19.0. The van der Waals surface area contributed by atoms with Crippen LogP contribution in [0.15, 0.2) is 42.5 Å². The van der Waals surface area contributed by atoms with E-state index in [0.717, 1.165) is 31.5 Å². The Morgan fingerprint density at radius 2 is 2.07 bits per heavy atom. The zero-order valence-corrected chi connectivity index (χ0v) is 15.1. The molecule has 6 nitrogen and oxygen atoms in total. The van der Waals surface area contributed by atoms with Crippen LogP contribution in [0.5, 0.6) is 0 Å². The van der Waals surface area contributed by atoms with Crippen molar-refractivity contribution in [2.75, 3.05) is 23.8 Å². The Bertz CT molecular complexity index is 963. The largest absolute Gasteiger partial charge is 0.354 e. The van der Waals surface area contributed by atoms with E-state index in [-0.39, 0.29) is 18.0 Å². The predicted octanol–water partition coefficient (Wildman–Crippen LogP) is 3.21. The van der Waals surface area contributed by atoms with Crippen LogP contribution in [-0.4, -0.2) is 36.5 Å². The van der Waals surface area contributed by atoms with Gasteiger partial charge in [-0.15, -0.1) is 0 Å². The Balaban J connectivity index is 1.62. The Kier molecular flexibility index (Phi) is 4.28. The molecule has 0 saturated carbocycles. The number of fused-ring (bicyclic) bond motifs is 2. The minimum atomic E-state index is -0.264.